The van der Waals surface area contributed by atoms with Gasteiger partial charge in [0, 0.05) is 13.0 Å². The largest absolute Gasteiger partial charge is 0.288 e. The van der Waals surface area contributed by atoms with Crippen molar-refractivity contribution in [2.24, 2.45) is 0 Å². The number of carbonyl (C=O) groups is 1. The molecule has 1 fully saturated rings. The van der Waals surface area contributed by atoms with Crippen molar-refractivity contribution in [2.45, 2.75) is 6.42 Å². The highest BCUT2D eigenvalue weighted by molar-refractivity contribution is 5.77. The first-order valence-corrected chi connectivity index (χ1v) is 2.81. The Morgan fingerprint density at radius 3 is 3.11 bits per heavy atom. The number of rotatable bonds is 1. The van der Waals surface area contributed by atoms with Crippen LogP contribution in [0.5, 0.6) is 0 Å². The lowest BCUT2D eigenvalue weighted by atomic mass is 10.4. The molecule has 0 aliphatic carbocycles. The number of nitrogens with one attached hydrogen (secondary N) is 1. The average Bonchev–Trinajstić information content (AvgIpc) is 2.17. The molecule has 1 saturated heterocycles. The van der Waals surface area contributed by atoms with Gasteiger partial charge in [-0.25, -0.2) is 5.01 Å². The van der Waals surface area contributed by atoms with E-state index in [-0.39, 0.29) is 5.91 Å². The van der Waals surface area contributed by atoms with Crippen molar-refractivity contribution in [2.75, 3.05) is 13.1 Å². The normalized spacial score (nSPS) is 19.2. The molecule has 48 valence electrons. The van der Waals surface area contributed by atoms with E-state index in [1.165, 1.54) is 0 Å². The number of hydrogen-bond acceptors (Lipinski definition) is 2. The molecule has 0 aromatic heterocycles. The number of nitrogens with zero attached hydrogens (tertiary/aromatic N) is 1. The predicted octanol–water partition coefficient (Wildman–Crippen LogP) is -0.643. The summed E-state index contributed by atoms with van der Waals surface area (Å²) in [6, 6.07) is 0. The van der Waals surface area contributed by atoms with Gasteiger partial charge in [-0.05, 0) is 0 Å². The molecule has 9 heavy (non-hydrogen) atoms. The Balaban J connectivity index is 2.32. The highest BCUT2D eigenvalue weighted by Crippen LogP contribution is 1.95. The minimum Gasteiger partial charge on any atom is -0.288 e. The van der Waals surface area contributed by atoms with Crippen LogP contribution in [0.1, 0.15) is 6.42 Å². The molecule has 0 spiro atoms. The van der Waals surface area contributed by atoms with Crippen LogP contribution in [0.15, 0.2) is 0 Å². The van der Waals surface area contributed by atoms with Crippen LogP contribution in [0, 0.1) is 12.3 Å². The molecule has 3 heteroatoms. The molecule has 0 unspecified atom stereocenters. The average molecular weight is 124 g/mol. The first-order valence-electron chi connectivity index (χ1n) is 2.81. The zero-order chi connectivity index (χ0) is 6.69. The maximum atomic E-state index is 10.5. The minimum atomic E-state index is 0.0604. The van der Waals surface area contributed by atoms with Gasteiger partial charge in [-0.3, -0.25) is 10.2 Å². The van der Waals surface area contributed by atoms with Gasteiger partial charge in [0.05, 0.1) is 6.54 Å². The van der Waals surface area contributed by atoms with E-state index in [1.54, 1.807) is 5.01 Å². The van der Waals surface area contributed by atoms with Crippen LogP contribution >= 0.6 is 0 Å². The van der Waals surface area contributed by atoms with Gasteiger partial charge in [-0.2, -0.15) is 0 Å². The third-order valence-electron chi connectivity index (χ3n) is 1.17. The van der Waals surface area contributed by atoms with Crippen molar-refractivity contribution in [1.82, 2.24) is 10.4 Å². The lowest BCUT2D eigenvalue weighted by molar-refractivity contribution is -0.120. The number of carbonyl (C=O) groups excluding carboxylic acids is 1. The highest BCUT2D eigenvalue weighted by Gasteiger charge is 2.15. The second-order valence-corrected chi connectivity index (χ2v) is 1.91. The van der Waals surface area contributed by atoms with Gasteiger partial charge >= 0.3 is 0 Å². The quantitative estimate of drug-likeness (QED) is 0.471. The summed E-state index contributed by atoms with van der Waals surface area (Å²) < 4.78 is 0. The van der Waals surface area contributed by atoms with Gasteiger partial charge in [0.1, 0.15) is 0 Å². The maximum Gasteiger partial charge on any atom is 0.235 e. The van der Waals surface area contributed by atoms with Gasteiger partial charge in [0.15, 0.2) is 0 Å². The fourth-order valence-corrected chi connectivity index (χ4v) is 0.753. The Bertz CT molecular complexity index is 159. The Morgan fingerprint density at radius 2 is 2.67 bits per heavy atom. The summed E-state index contributed by atoms with van der Waals surface area (Å²) in [4.78, 5) is 10.5. The number of terminal acetylenes is 1. The molecular weight excluding hydrogens is 116 g/mol. The number of hydrogen-bond donors (Lipinski definition) is 1. The monoisotopic (exact) mass is 124 g/mol. The van der Waals surface area contributed by atoms with E-state index >= 15 is 0 Å². The van der Waals surface area contributed by atoms with E-state index in [2.05, 4.69) is 11.3 Å². The number of hydrazine groups is 1. The van der Waals surface area contributed by atoms with Crippen molar-refractivity contribution < 1.29 is 4.79 Å². The summed E-state index contributed by atoms with van der Waals surface area (Å²) in [5.41, 5.74) is 2.61. The molecule has 0 aromatic carbocycles. The second-order valence-electron chi connectivity index (χ2n) is 1.91. The molecule has 1 heterocycles. The fraction of sp³-hybridized carbons (Fsp3) is 0.500. The summed E-state index contributed by atoms with van der Waals surface area (Å²) in [6.07, 6.45) is 5.58. The van der Waals surface area contributed by atoms with Crippen molar-refractivity contribution in [3.05, 3.63) is 0 Å². The third-order valence-corrected chi connectivity index (χ3v) is 1.17. The summed E-state index contributed by atoms with van der Waals surface area (Å²) in [5, 5.41) is 1.72. The zero-order valence-electron chi connectivity index (χ0n) is 5.05. The lowest BCUT2D eigenvalue weighted by Gasteiger charge is -2.08. The molecule has 0 atom stereocenters. The summed E-state index contributed by atoms with van der Waals surface area (Å²) in [6.45, 7) is 1.24. The standard InChI is InChI=1S/C6H8N2O/c1-2-4-8-5-3-6(9)7-8/h1H,3-5H2,(H,7,9). The Hall–Kier alpha value is -1.01. The molecule has 0 saturated carbocycles. The van der Waals surface area contributed by atoms with Gasteiger partial charge in [0.25, 0.3) is 0 Å². The molecule has 1 N–H and O–H groups in total. The van der Waals surface area contributed by atoms with Crippen LogP contribution in [0.3, 0.4) is 0 Å². The van der Waals surface area contributed by atoms with Gasteiger partial charge in [0.2, 0.25) is 5.91 Å². The molecular formula is C6H8N2O. The van der Waals surface area contributed by atoms with E-state index in [0.717, 1.165) is 6.54 Å². The van der Waals surface area contributed by atoms with Crippen LogP contribution in [0.25, 0.3) is 0 Å². The van der Waals surface area contributed by atoms with E-state index in [4.69, 9.17) is 6.42 Å². The topological polar surface area (TPSA) is 32.3 Å². The SMILES string of the molecule is C#CCN1CCC(=O)N1. The summed E-state index contributed by atoms with van der Waals surface area (Å²) in [7, 11) is 0. The van der Waals surface area contributed by atoms with Gasteiger partial charge < -0.3 is 0 Å². The molecule has 0 bridgehead atoms. The molecule has 1 aliphatic heterocycles. The van der Waals surface area contributed by atoms with Crippen molar-refractivity contribution in [3.8, 4) is 12.3 Å². The van der Waals surface area contributed by atoms with E-state index in [1.807, 2.05) is 0 Å². The molecule has 0 radical (unpaired) electrons. The zero-order valence-corrected chi connectivity index (χ0v) is 5.05. The van der Waals surface area contributed by atoms with Crippen LogP contribution in [-0.2, 0) is 4.79 Å². The van der Waals surface area contributed by atoms with E-state index in [0.29, 0.717) is 13.0 Å². The molecule has 1 rings (SSSR count). The van der Waals surface area contributed by atoms with Crippen LogP contribution < -0.4 is 5.43 Å². The van der Waals surface area contributed by atoms with Crippen molar-refractivity contribution in [3.63, 3.8) is 0 Å². The van der Waals surface area contributed by atoms with E-state index in [9.17, 15) is 4.79 Å². The highest BCUT2D eigenvalue weighted by atomic mass is 16.2. The lowest BCUT2D eigenvalue weighted by Crippen LogP contribution is -2.33. The van der Waals surface area contributed by atoms with Crippen LogP contribution in [-0.4, -0.2) is 24.0 Å². The molecule has 0 aromatic rings. The van der Waals surface area contributed by atoms with E-state index < -0.39 is 0 Å². The Kier molecular flexibility index (Phi) is 1.71. The maximum absolute atomic E-state index is 10.5. The first kappa shape index (κ1) is 6.12. The molecule has 3 nitrogen and oxygen atoms in total. The molecule has 1 amide bonds. The minimum absolute atomic E-state index is 0.0604. The predicted molar refractivity (Wildman–Crippen MR) is 33.2 cm³/mol. The summed E-state index contributed by atoms with van der Waals surface area (Å²) in [5.74, 6) is 2.50. The fourth-order valence-electron chi connectivity index (χ4n) is 0.753. The van der Waals surface area contributed by atoms with Crippen LogP contribution in [0.2, 0.25) is 0 Å². The Labute approximate surface area is 54.0 Å². The summed E-state index contributed by atoms with van der Waals surface area (Å²) >= 11 is 0. The van der Waals surface area contributed by atoms with Gasteiger partial charge in [-0.15, -0.1) is 6.42 Å². The molecule has 1 aliphatic rings. The van der Waals surface area contributed by atoms with Crippen LogP contribution in [0.4, 0.5) is 0 Å². The smallest absolute Gasteiger partial charge is 0.235 e. The number of amides is 1. The van der Waals surface area contributed by atoms with Crippen molar-refractivity contribution in [1.29, 1.82) is 0 Å². The van der Waals surface area contributed by atoms with Crippen molar-refractivity contribution >= 4 is 5.91 Å². The third kappa shape index (κ3) is 1.44. The van der Waals surface area contributed by atoms with Gasteiger partial charge in [-0.1, -0.05) is 5.92 Å². The Morgan fingerprint density at radius 1 is 1.89 bits per heavy atom. The second kappa shape index (κ2) is 2.51. The first-order chi connectivity index (χ1) is 4.33.